The number of benzene rings is 3. The molecule has 0 radical (unpaired) electrons. The van der Waals surface area contributed by atoms with Crippen molar-refractivity contribution in [3.05, 3.63) is 101 Å². The van der Waals surface area contributed by atoms with Crippen molar-refractivity contribution in [2.75, 3.05) is 0 Å². The summed E-state index contributed by atoms with van der Waals surface area (Å²) in [5.74, 6) is -0.0427. The Hall–Kier alpha value is -3.91. The molecular formula is C25H19BrN2O5. The molecule has 0 aliphatic heterocycles. The van der Waals surface area contributed by atoms with Gasteiger partial charge in [-0.05, 0) is 49.4 Å². The van der Waals surface area contributed by atoms with Gasteiger partial charge in [-0.25, -0.2) is 9.48 Å². The molecule has 0 saturated heterocycles. The van der Waals surface area contributed by atoms with Gasteiger partial charge in [0.25, 0.3) is 0 Å². The molecule has 1 heterocycles. The SMILES string of the molecule is CC(Oc1ccc(Br)cc1C(=O)c1cnn(-c2ccccc2Oc2ccccc2)c1)C(=O)O. The molecule has 166 valence electrons. The molecule has 4 rings (SSSR count). The fourth-order valence-electron chi connectivity index (χ4n) is 3.10. The van der Waals surface area contributed by atoms with Crippen molar-refractivity contribution in [3.8, 4) is 22.9 Å². The molecule has 1 unspecified atom stereocenters. The zero-order chi connectivity index (χ0) is 23.4. The van der Waals surface area contributed by atoms with Crippen LogP contribution in [0.25, 0.3) is 5.69 Å². The number of aliphatic carboxylic acids is 1. The Morgan fingerprint density at radius 2 is 1.73 bits per heavy atom. The molecule has 33 heavy (non-hydrogen) atoms. The van der Waals surface area contributed by atoms with Crippen LogP contribution in [0.5, 0.6) is 17.2 Å². The van der Waals surface area contributed by atoms with E-state index in [4.69, 9.17) is 14.6 Å². The summed E-state index contributed by atoms with van der Waals surface area (Å²) in [6, 6.07) is 21.6. The van der Waals surface area contributed by atoms with Crippen molar-refractivity contribution < 1.29 is 24.2 Å². The maximum Gasteiger partial charge on any atom is 0.344 e. The number of ether oxygens (including phenoxy) is 2. The molecule has 1 N–H and O–H groups in total. The monoisotopic (exact) mass is 506 g/mol. The number of rotatable bonds is 8. The topological polar surface area (TPSA) is 90.6 Å². The first-order chi connectivity index (χ1) is 15.9. The quantitative estimate of drug-likeness (QED) is 0.317. The van der Waals surface area contributed by atoms with E-state index in [2.05, 4.69) is 21.0 Å². The van der Waals surface area contributed by atoms with E-state index in [0.29, 0.717) is 27.2 Å². The molecule has 0 aliphatic rings. The summed E-state index contributed by atoms with van der Waals surface area (Å²) < 4.78 is 13.7. The van der Waals surface area contributed by atoms with Crippen LogP contribution < -0.4 is 9.47 Å². The van der Waals surface area contributed by atoms with Crippen molar-refractivity contribution in [2.24, 2.45) is 0 Å². The first kappa shape index (κ1) is 22.3. The summed E-state index contributed by atoms with van der Waals surface area (Å²) in [5, 5.41) is 13.5. The summed E-state index contributed by atoms with van der Waals surface area (Å²) >= 11 is 3.35. The Labute approximate surface area is 198 Å². The number of carbonyl (C=O) groups excluding carboxylic acids is 1. The van der Waals surface area contributed by atoms with E-state index in [0.717, 1.165) is 0 Å². The third kappa shape index (κ3) is 5.12. The fraction of sp³-hybridized carbons (Fsp3) is 0.0800. The highest BCUT2D eigenvalue weighted by Gasteiger charge is 2.21. The molecule has 1 aromatic heterocycles. The number of para-hydroxylation sites is 3. The number of ketones is 1. The van der Waals surface area contributed by atoms with Gasteiger partial charge < -0.3 is 14.6 Å². The van der Waals surface area contributed by atoms with Crippen molar-refractivity contribution in [2.45, 2.75) is 13.0 Å². The van der Waals surface area contributed by atoms with E-state index in [9.17, 15) is 9.59 Å². The van der Waals surface area contributed by atoms with Gasteiger partial charge in [-0.3, -0.25) is 4.79 Å². The van der Waals surface area contributed by atoms with Gasteiger partial charge in [0.2, 0.25) is 0 Å². The second-order valence-electron chi connectivity index (χ2n) is 7.12. The molecule has 8 heteroatoms. The fourth-order valence-corrected chi connectivity index (χ4v) is 3.46. The first-order valence-corrected chi connectivity index (χ1v) is 10.8. The molecule has 0 spiro atoms. The number of halogens is 1. The van der Waals surface area contributed by atoms with Crippen LogP contribution in [0, 0.1) is 0 Å². The maximum absolute atomic E-state index is 13.3. The number of carbonyl (C=O) groups is 2. The molecule has 0 amide bonds. The van der Waals surface area contributed by atoms with Crippen LogP contribution in [-0.4, -0.2) is 32.7 Å². The van der Waals surface area contributed by atoms with Crippen LogP contribution in [0.4, 0.5) is 0 Å². The summed E-state index contributed by atoms with van der Waals surface area (Å²) in [7, 11) is 0. The minimum atomic E-state index is -1.13. The van der Waals surface area contributed by atoms with Crippen molar-refractivity contribution in [1.82, 2.24) is 9.78 Å². The van der Waals surface area contributed by atoms with E-state index in [-0.39, 0.29) is 17.1 Å². The molecule has 1 atom stereocenters. The molecular weight excluding hydrogens is 488 g/mol. The average molecular weight is 507 g/mol. The second kappa shape index (κ2) is 9.70. The highest BCUT2D eigenvalue weighted by molar-refractivity contribution is 9.10. The molecule has 3 aromatic carbocycles. The Morgan fingerprint density at radius 1 is 1.00 bits per heavy atom. The summed E-state index contributed by atoms with van der Waals surface area (Å²) in [6.07, 6.45) is 1.94. The van der Waals surface area contributed by atoms with Crippen LogP contribution in [0.2, 0.25) is 0 Å². The number of nitrogens with zero attached hydrogens (tertiary/aromatic N) is 2. The Kier molecular flexibility index (Phi) is 6.55. The first-order valence-electron chi connectivity index (χ1n) is 10.0. The smallest absolute Gasteiger partial charge is 0.344 e. The van der Waals surface area contributed by atoms with Crippen LogP contribution in [0.3, 0.4) is 0 Å². The summed E-state index contributed by atoms with van der Waals surface area (Å²) in [6.45, 7) is 1.40. The van der Waals surface area contributed by atoms with Crippen molar-refractivity contribution in [1.29, 1.82) is 0 Å². The molecule has 0 bridgehead atoms. The van der Waals surface area contributed by atoms with E-state index < -0.39 is 12.1 Å². The third-order valence-corrected chi connectivity index (χ3v) is 5.26. The highest BCUT2D eigenvalue weighted by atomic mass is 79.9. The van der Waals surface area contributed by atoms with Gasteiger partial charge in [-0.15, -0.1) is 0 Å². The van der Waals surface area contributed by atoms with Crippen molar-refractivity contribution in [3.63, 3.8) is 0 Å². The number of carboxylic acids is 1. The lowest BCUT2D eigenvalue weighted by molar-refractivity contribution is -0.144. The number of carboxylic acid groups (broad SMARTS) is 1. The van der Waals surface area contributed by atoms with Crippen molar-refractivity contribution >= 4 is 27.7 Å². The molecule has 0 fully saturated rings. The van der Waals surface area contributed by atoms with Gasteiger partial charge in [0, 0.05) is 10.7 Å². The molecule has 0 aliphatic carbocycles. The largest absolute Gasteiger partial charge is 0.479 e. The van der Waals surface area contributed by atoms with Crippen LogP contribution in [0.1, 0.15) is 22.8 Å². The Bertz CT molecular complexity index is 1300. The Morgan fingerprint density at radius 3 is 2.48 bits per heavy atom. The molecule has 7 nitrogen and oxygen atoms in total. The number of aromatic nitrogens is 2. The zero-order valence-electron chi connectivity index (χ0n) is 17.5. The van der Waals surface area contributed by atoms with Gasteiger partial charge in [-0.2, -0.15) is 5.10 Å². The Balaban J connectivity index is 1.65. The summed E-state index contributed by atoms with van der Waals surface area (Å²) in [4.78, 5) is 24.5. The van der Waals surface area contributed by atoms with Crippen LogP contribution in [0.15, 0.2) is 89.7 Å². The number of hydrogen-bond acceptors (Lipinski definition) is 5. The van der Waals surface area contributed by atoms with E-state index in [1.54, 1.807) is 29.1 Å². The maximum atomic E-state index is 13.3. The van der Waals surface area contributed by atoms with E-state index in [1.165, 1.54) is 13.1 Å². The van der Waals surface area contributed by atoms with Gasteiger partial charge in [-0.1, -0.05) is 46.3 Å². The van der Waals surface area contributed by atoms with Gasteiger partial charge >= 0.3 is 5.97 Å². The third-order valence-electron chi connectivity index (χ3n) is 4.77. The van der Waals surface area contributed by atoms with Crippen LogP contribution >= 0.6 is 15.9 Å². The lowest BCUT2D eigenvalue weighted by Gasteiger charge is -2.14. The normalized spacial score (nSPS) is 11.6. The lowest BCUT2D eigenvalue weighted by atomic mass is 10.1. The van der Waals surface area contributed by atoms with Crippen LogP contribution in [-0.2, 0) is 4.79 Å². The molecule has 4 aromatic rings. The zero-order valence-corrected chi connectivity index (χ0v) is 19.1. The van der Waals surface area contributed by atoms with Gasteiger partial charge in [0.1, 0.15) is 17.2 Å². The van der Waals surface area contributed by atoms with E-state index in [1.807, 2.05) is 54.6 Å². The molecule has 0 saturated carbocycles. The lowest BCUT2D eigenvalue weighted by Crippen LogP contribution is -2.23. The van der Waals surface area contributed by atoms with Gasteiger partial charge in [0.05, 0.1) is 17.3 Å². The average Bonchev–Trinajstić information content (AvgIpc) is 3.31. The van der Waals surface area contributed by atoms with Gasteiger partial charge in [0.15, 0.2) is 17.6 Å². The number of hydrogen-bond donors (Lipinski definition) is 1. The predicted octanol–water partition coefficient (Wildman–Crippen LogP) is 5.51. The van der Waals surface area contributed by atoms with E-state index >= 15 is 0 Å². The predicted molar refractivity (Wildman–Crippen MR) is 125 cm³/mol. The minimum absolute atomic E-state index is 0.179. The second-order valence-corrected chi connectivity index (χ2v) is 8.04. The summed E-state index contributed by atoms with van der Waals surface area (Å²) in [5.41, 5.74) is 1.20. The minimum Gasteiger partial charge on any atom is -0.479 e. The highest BCUT2D eigenvalue weighted by Crippen LogP contribution is 2.30. The standard InChI is InChI=1S/C25H19BrN2O5/c1-16(25(30)31)32-22-12-11-18(26)13-20(22)24(29)17-14-27-28(15-17)21-9-5-6-10-23(21)33-19-7-3-2-4-8-19/h2-16H,1H3,(H,30,31).